The molecule has 0 spiro atoms. The zero-order valence-corrected chi connectivity index (χ0v) is 22.7. The number of amides is 1. The summed E-state index contributed by atoms with van der Waals surface area (Å²) in [5, 5.41) is 27.5. The van der Waals surface area contributed by atoms with E-state index in [0.717, 1.165) is 22.0 Å². The molecule has 0 saturated carbocycles. The molecule has 0 atom stereocenters. The second-order valence-electron chi connectivity index (χ2n) is 8.93. The number of hydrogen-bond acceptors (Lipinski definition) is 5. The van der Waals surface area contributed by atoms with Gasteiger partial charge in [0.05, 0.1) is 0 Å². The van der Waals surface area contributed by atoms with Crippen LogP contribution in [0.2, 0.25) is 0 Å². The highest BCUT2D eigenvalue weighted by atomic mass is 19.4. The summed E-state index contributed by atoms with van der Waals surface area (Å²) in [6.45, 7) is 1.02. The molecule has 0 bridgehead atoms. The first-order chi connectivity index (χ1) is 20.4. The van der Waals surface area contributed by atoms with Gasteiger partial charge in [0.15, 0.2) is 12.4 Å². The van der Waals surface area contributed by atoms with E-state index >= 15 is 0 Å². The molecule has 4 aromatic rings. The summed E-state index contributed by atoms with van der Waals surface area (Å²) in [5.74, 6) is -5.83. The molecular formula is C28H25F6N5O5. The first-order valence-corrected chi connectivity index (χ1v) is 12.2. The number of carboxylic acids is 2. The topological polar surface area (TPSA) is 165 Å². The fourth-order valence-electron chi connectivity index (χ4n) is 3.46. The largest absolute Gasteiger partial charge is 0.542 e. The number of para-hydroxylation sites is 1. The normalized spacial score (nSPS) is 11.0. The number of rotatable bonds is 6. The molecular weight excluding hydrogens is 600 g/mol. The molecule has 16 heteroatoms. The molecule has 2 aromatic heterocycles. The molecule has 234 valence electrons. The summed E-state index contributed by atoms with van der Waals surface area (Å²) in [5.41, 5.74) is 9.94. The molecule has 5 N–H and O–H groups in total. The van der Waals surface area contributed by atoms with Crippen molar-refractivity contribution in [2.45, 2.75) is 25.4 Å². The summed E-state index contributed by atoms with van der Waals surface area (Å²) in [7, 11) is 1.96. The van der Waals surface area contributed by atoms with E-state index < -0.39 is 24.3 Å². The number of aliphatic carboxylic acids is 2. The number of carbonyl (C=O) groups is 3. The van der Waals surface area contributed by atoms with Gasteiger partial charge in [0.25, 0.3) is 5.91 Å². The van der Waals surface area contributed by atoms with Crippen molar-refractivity contribution in [2.24, 2.45) is 12.8 Å². The number of alkyl halides is 6. The van der Waals surface area contributed by atoms with Gasteiger partial charge in [-0.15, -0.1) is 0 Å². The number of nitrogens with two attached hydrogens (primary N) is 1. The summed E-state index contributed by atoms with van der Waals surface area (Å²) in [6, 6.07) is 21.4. The van der Waals surface area contributed by atoms with Crippen LogP contribution in [0.15, 0.2) is 79.1 Å². The SMILES string of the molecule is C[n+]1ccc(CNC(=O)c2cc3ccccc3n2Cc2ccc(C(=N)N)cc2)cc1.O=C(O)C(F)(F)F.O=C([O-])C(F)(F)F. The van der Waals surface area contributed by atoms with Gasteiger partial charge in [-0.1, -0.05) is 42.5 Å². The Morgan fingerprint density at radius 3 is 1.93 bits per heavy atom. The molecule has 4 rings (SSSR count). The van der Waals surface area contributed by atoms with Gasteiger partial charge in [0, 0.05) is 41.7 Å². The number of nitrogen functional groups attached to an aromatic ring is 1. The van der Waals surface area contributed by atoms with E-state index in [2.05, 4.69) is 5.32 Å². The van der Waals surface area contributed by atoms with E-state index in [9.17, 15) is 31.1 Å². The number of halogens is 6. The molecule has 0 aliphatic heterocycles. The Hall–Kier alpha value is -5.41. The van der Waals surface area contributed by atoms with E-state index in [1.54, 1.807) is 0 Å². The first kappa shape index (κ1) is 34.8. The lowest BCUT2D eigenvalue weighted by Gasteiger charge is -2.12. The zero-order chi connectivity index (χ0) is 33.2. The van der Waals surface area contributed by atoms with Gasteiger partial charge in [-0.3, -0.25) is 10.2 Å². The highest BCUT2D eigenvalue weighted by Crippen LogP contribution is 2.22. The van der Waals surface area contributed by atoms with Crippen LogP contribution in [0.3, 0.4) is 0 Å². The standard InChI is InChI=1S/C24H23N5O.2C2HF3O2/c1-28-12-10-17(11-13-28)15-27-24(30)22-14-20-4-2-3-5-21(20)29(22)16-18-6-8-19(9-7-18)23(25)26;2*3-2(4,5)1(6)7/h2-14H,15-16H2,1H3,(H3-,25,26,27,30);2*(H,6,7). The van der Waals surface area contributed by atoms with Gasteiger partial charge >= 0.3 is 18.3 Å². The van der Waals surface area contributed by atoms with Gasteiger partial charge in [-0.05, 0) is 23.3 Å². The van der Waals surface area contributed by atoms with E-state index in [0.29, 0.717) is 24.3 Å². The van der Waals surface area contributed by atoms with Crippen LogP contribution < -0.4 is 20.7 Å². The summed E-state index contributed by atoms with van der Waals surface area (Å²) >= 11 is 0. The Morgan fingerprint density at radius 2 is 1.45 bits per heavy atom. The Bertz CT molecular complexity index is 1590. The third kappa shape index (κ3) is 10.5. The first-order valence-electron chi connectivity index (χ1n) is 12.2. The minimum atomic E-state index is -5.19. The van der Waals surface area contributed by atoms with Gasteiger partial charge in [-0.25, -0.2) is 9.36 Å². The summed E-state index contributed by atoms with van der Waals surface area (Å²) in [6.07, 6.45) is -6.35. The highest BCUT2D eigenvalue weighted by molar-refractivity contribution is 5.99. The van der Waals surface area contributed by atoms with Crippen LogP contribution >= 0.6 is 0 Å². The van der Waals surface area contributed by atoms with Gasteiger partial charge in [0.2, 0.25) is 0 Å². The molecule has 0 saturated heterocycles. The number of benzene rings is 2. The maximum absolute atomic E-state index is 13.0. The minimum Gasteiger partial charge on any atom is -0.542 e. The van der Waals surface area contributed by atoms with Crippen molar-refractivity contribution in [3.8, 4) is 0 Å². The fraction of sp³-hybridized carbons (Fsp3) is 0.179. The lowest BCUT2D eigenvalue weighted by Crippen LogP contribution is -2.37. The third-order valence-electron chi connectivity index (χ3n) is 5.62. The number of amidine groups is 1. The maximum atomic E-state index is 13.0. The Labute approximate surface area is 245 Å². The highest BCUT2D eigenvalue weighted by Gasteiger charge is 2.38. The molecule has 44 heavy (non-hydrogen) atoms. The number of nitrogens with one attached hydrogen (secondary N) is 2. The fourth-order valence-corrected chi connectivity index (χ4v) is 3.46. The molecule has 10 nitrogen and oxygen atoms in total. The van der Waals surface area contributed by atoms with E-state index in [1.165, 1.54) is 0 Å². The van der Waals surface area contributed by atoms with Crippen molar-refractivity contribution >= 4 is 34.6 Å². The van der Waals surface area contributed by atoms with Gasteiger partial charge in [0.1, 0.15) is 24.5 Å². The van der Waals surface area contributed by atoms with Crippen molar-refractivity contribution < 1.29 is 55.5 Å². The minimum absolute atomic E-state index is 0.0440. The van der Waals surface area contributed by atoms with E-state index in [4.69, 9.17) is 30.9 Å². The number of carboxylic acid groups (broad SMARTS) is 2. The summed E-state index contributed by atoms with van der Waals surface area (Å²) < 4.78 is 67.3. The van der Waals surface area contributed by atoms with Crippen LogP contribution in [0, 0.1) is 5.41 Å². The van der Waals surface area contributed by atoms with Crippen LogP contribution in [0.5, 0.6) is 0 Å². The third-order valence-corrected chi connectivity index (χ3v) is 5.62. The molecule has 1 amide bonds. The number of fused-ring (bicyclic) bond motifs is 1. The molecule has 2 heterocycles. The van der Waals surface area contributed by atoms with Crippen LogP contribution in [-0.2, 0) is 29.7 Å². The van der Waals surface area contributed by atoms with Crippen molar-refractivity contribution in [2.75, 3.05) is 0 Å². The number of hydrogen-bond donors (Lipinski definition) is 4. The Morgan fingerprint density at radius 1 is 0.932 bits per heavy atom. The Balaban J connectivity index is 0.000000402. The number of nitrogens with zero attached hydrogens (tertiary/aromatic N) is 2. The molecule has 0 aliphatic rings. The average molecular weight is 626 g/mol. The Kier molecular flexibility index (Phi) is 11.6. The molecule has 0 radical (unpaired) electrons. The van der Waals surface area contributed by atoms with Gasteiger partial charge in [-0.2, -0.15) is 26.3 Å². The van der Waals surface area contributed by atoms with Gasteiger partial charge < -0.3 is 30.6 Å². The van der Waals surface area contributed by atoms with Crippen LogP contribution in [0.1, 0.15) is 27.2 Å². The van der Waals surface area contributed by atoms with E-state index in [1.807, 2.05) is 95.3 Å². The molecule has 2 aromatic carbocycles. The second kappa shape index (κ2) is 14.7. The average Bonchev–Trinajstić information content (AvgIpc) is 3.31. The lowest BCUT2D eigenvalue weighted by atomic mass is 10.1. The smallest absolute Gasteiger partial charge is 0.490 e. The van der Waals surface area contributed by atoms with Crippen molar-refractivity contribution in [3.05, 3.63) is 102 Å². The quantitative estimate of drug-likeness (QED) is 0.111. The predicted molar refractivity (Wildman–Crippen MR) is 142 cm³/mol. The van der Waals surface area contributed by atoms with Crippen molar-refractivity contribution in [1.29, 1.82) is 5.41 Å². The lowest BCUT2D eigenvalue weighted by molar-refractivity contribution is -0.671. The number of carbonyl (C=O) groups excluding carboxylic acids is 2. The second-order valence-corrected chi connectivity index (χ2v) is 8.93. The monoisotopic (exact) mass is 625 g/mol. The van der Waals surface area contributed by atoms with Crippen LogP contribution in [0.25, 0.3) is 10.9 Å². The molecule has 0 aliphatic carbocycles. The predicted octanol–water partition coefficient (Wildman–Crippen LogP) is 2.66. The molecule has 0 fully saturated rings. The van der Waals surface area contributed by atoms with Crippen molar-refractivity contribution in [3.63, 3.8) is 0 Å². The van der Waals surface area contributed by atoms with E-state index in [-0.39, 0.29) is 11.7 Å². The zero-order valence-electron chi connectivity index (χ0n) is 22.7. The maximum Gasteiger partial charge on any atom is 0.490 e. The number of pyridine rings is 1. The van der Waals surface area contributed by atoms with Crippen LogP contribution in [-0.4, -0.2) is 45.7 Å². The summed E-state index contributed by atoms with van der Waals surface area (Å²) in [4.78, 5) is 30.7. The van der Waals surface area contributed by atoms with Crippen molar-refractivity contribution in [1.82, 2.24) is 9.88 Å². The van der Waals surface area contributed by atoms with Crippen LogP contribution in [0.4, 0.5) is 26.3 Å². The molecule has 0 unspecified atom stereocenters. The number of aryl methyl sites for hydroxylation is 1. The number of aromatic nitrogens is 2.